The first-order valence-electron chi connectivity index (χ1n) is 5.76. The Hall–Kier alpha value is -2.32. The third kappa shape index (κ3) is 4.12. The standard InChI is InChI=1S/C14H16N2O3/c1-10(14(18)19-2)16-13(17)12-8-4-3-6-11(12)7-5-9-15/h3-4,6,8,10H,9,15H2,1-2H3,(H,16,17). The van der Waals surface area contributed by atoms with Crippen LogP contribution in [0.2, 0.25) is 0 Å². The van der Waals surface area contributed by atoms with Crippen molar-refractivity contribution in [1.29, 1.82) is 0 Å². The Morgan fingerprint density at radius 1 is 1.42 bits per heavy atom. The molecular formula is C14H16N2O3. The number of hydrogen-bond acceptors (Lipinski definition) is 4. The molecule has 1 rings (SSSR count). The average molecular weight is 260 g/mol. The average Bonchev–Trinajstić information content (AvgIpc) is 2.44. The summed E-state index contributed by atoms with van der Waals surface area (Å²) in [6.45, 7) is 1.77. The number of hydrogen-bond donors (Lipinski definition) is 2. The first-order valence-corrected chi connectivity index (χ1v) is 5.76. The number of amides is 1. The van der Waals surface area contributed by atoms with Crippen LogP contribution in [0, 0.1) is 11.8 Å². The van der Waals surface area contributed by atoms with Crippen molar-refractivity contribution in [3.8, 4) is 11.8 Å². The summed E-state index contributed by atoms with van der Waals surface area (Å²) in [4.78, 5) is 23.3. The largest absolute Gasteiger partial charge is 0.467 e. The van der Waals surface area contributed by atoms with Gasteiger partial charge in [-0.2, -0.15) is 0 Å². The monoisotopic (exact) mass is 260 g/mol. The highest BCUT2D eigenvalue weighted by molar-refractivity contribution is 5.98. The SMILES string of the molecule is COC(=O)C(C)NC(=O)c1ccccc1C#CCN. The van der Waals surface area contributed by atoms with Crippen molar-refractivity contribution >= 4 is 11.9 Å². The maximum atomic E-state index is 12.0. The second kappa shape index (κ2) is 7.19. The highest BCUT2D eigenvalue weighted by atomic mass is 16.5. The van der Waals surface area contributed by atoms with Gasteiger partial charge < -0.3 is 15.8 Å². The van der Waals surface area contributed by atoms with E-state index in [4.69, 9.17) is 5.73 Å². The van der Waals surface area contributed by atoms with Gasteiger partial charge in [0.25, 0.3) is 5.91 Å². The molecule has 0 aliphatic heterocycles. The van der Waals surface area contributed by atoms with Crippen molar-refractivity contribution in [1.82, 2.24) is 5.32 Å². The first-order chi connectivity index (χ1) is 9.10. The van der Waals surface area contributed by atoms with Crippen LogP contribution in [-0.2, 0) is 9.53 Å². The lowest BCUT2D eigenvalue weighted by Crippen LogP contribution is -2.39. The molecule has 5 heteroatoms. The van der Waals surface area contributed by atoms with Gasteiger partial charge in [-0.3, -0.25) is 4.79 Å². The number of ether oxygens (including phenoxy) is 1. The number of carbonyl (C=O) groups excluding carboxylic acids is 2. The van der Waals surface area contributed by atoms with Crippen LogP contribution in [0.4, 0.5) is 0 Å². The van der Waals surface area contributed by atoms with Gasteiger partial charge in [-0.15, -0.1) is 0 Å². The van der Waals surface area contributed by atoms with Crippen molar-refractivity contribution in [3.63, 3.8) is 0 Å². The maximum absolute atomic E-state index is 12.0. The van der Waals surface area contributed by atoms with Gasteiger partial charge in [0, 0.05) is 5.56 Å². The molecule has 0 radical (unpaired) electrons. The molecule has 0 heterocycles. The van der Waals surface area contributed by atoms with Crippen LogP contribution in [0.15, 0.2) is 24.3 Å². The summed E-state index contributed by atoms with van der Waals surface area (Å²) in [5.41, 5.74) is 6.28. The fraction of sp³-hybridized carbons (Fsp3) is 0.286. The lowest BCUT2D eigenvalue weighted by Gasteiger charge is -2.12. The van der Waals surface area contributed by atoms with Gasteiger partial charge in [-0.25, -0.2) is 4.79 Å². The molecule has 0 aliphatic rings. The van der Waals surface area contributed by atoms with Gasteiger partial charge in [0.1, 0.15) is 6.04 Å². The van der Waals surface area contributed by atoms with Gasteiger partial charge in [0.15, 0.2) is 0 Å². The Morgan fingerprint density at radius 3 is 2.74 bits per heavy atom. The third-order valence-electron chi connectivity index (χ3n) is 2.40. The summed E-state index contributed by atoms with van der Waals surface area (Å²) >= 11 is 0. The summed E-state index contributed by atoms with van der Waals surface area (Å²) in [7, 11) is 1.27. The first kappa shape index (κ1) is 14.7. The summed E-state index contributed by atoms with van der Waals surface area (Å²) in [5, 5.41) is 2.55. The predicted molar refractivity (Wildman–Crippen MR) is 71.3 cm³/mol. The van der Waals surface area contributed by atoms with Crippen LogP contribution in [0.5, 0.6) is 0 Å². The maximum Gasteiger partial charge on any atom is 0.328 e. The molecule has 1 unspecified atom stereocenters. The minimum Gasteiger partial charge on any atom is -0.467 e. The number of carbonyl (C=O) groups is 2. The van der Waals surface area contributed by atoms with Gasteiger partial charge >= 0.3 is 5.97 Å². The van der Waals surface area contributed by atoms with E-state index in [1.807, 2.05) is 0 Å². The number of rotatable bonds is 3. The zero-order valence-corrected chi connectivity index (χ0v) is 10.9. The van der Waals surface area contributed by atoms with Crippen molar-refractivity contribution < 1.29 is 14.3 Å². The molecule has 0 saturated heterocycles. The molecule has 1 aromatic rings. The Labute approximate surface area is 112 Å². The van der Waals surface area contributed by atoms with E-state index in [2.05, 4.69) is 21.9 Å². The molecule has 0 saturated carbocycles. The highest BCUT2D eigenvalue weighted by Gasteiger charge is 2.18. The van der Waals surface area contributed by atoms with Crippen molar-refractivity contribution in [2.45, 2.75) is 13.0 Å². The molecule has 0 aromatic heterocycles. The highest BCUT2D eigenvalue weighted by Crippen LogP contribution is 2.07. The van der Waals surface area contributed by atoms with Crippen molar-refractivity contribution in [2.75, 3.05) is 13.7 Å². The molecule has 1 atom stereocenters. The van der Waals surface area contributed by atoms with Crippen LogP contribution < -0.4 is 11.1 Å². The fourth-order valence-corrected chi connectivity index (χ4v) is 1.45. The van der Waals surface area contributed by atoms with E-state index in [9.17, 15) is 9.59 Å². The van der Waals surface area contributed by atoms with E-state index in [0.717, 1.165) is 0 Å². The number of nitrogens with one attached hydrogen (secondary N) is 1. The van der Waals surface area contributed by atoms with E-state index in [-0.39, 0.29) is 12.5 Å². The molecule has 0 spiro atoms. The Balaban J connectivity index is 2.91. The minimum absolute atomic E-state index is 0.217. The van der Waals surface area contributed by atoms with E-state index >= 15 is 0 Å². The zero-order valence-electron chi connectivity index (χ0n) is 10.9. The number of benzene rings is 1. The molecule has 0 fully saturated rings. The molecule has 1 amide bonds. The summed E-state index contributed by atoms with van der Waals surface area (Å²) < 4.78 is 4.55. The lowest BCUT2D eigenvalue weighted by molar-refractivity contribution is -0.142. The van der Waals surface area contributed by atoms with Gasteiger partial charge in [0.05, 0.1) is 19.2 Å². The predicted octanol–water partition coefficient (Wildman–Crippen LogP) is 0.288. The third-order valence-corrected chi connectivity index (χ3v) is 2.40. The molecule has 1 aromatic carbocycles. The van der Waals surface area contributed by atoms with Crippen molar-refractivity contribution in [3.05, 3.63) is 35.4 Å². The molecule has 5 nitrogen and oxygen atoms in total. The van der Waals surface area contributed by atoms with Crippen LogP contribution in [0.3, 0.4) is 0 Å². The number of esters is 1. The Morgan fingerprint density at radius 2 is 2.11 bits per heavy atom. The van der Waals surface area contributed by atoms with Crippen molar-refractivity contribution in [2.24, 2.45) is 5.73 Å². The van der Waals surface area contributed by atoms with Crippen LogP contribution in [0.1, 0.15) is 22.8 Å². The topological polar surface area (TPSA) is 81.4 Å². The molecular weight excluding hydrogens is 244 g/mol. The van der Waals surface area contributed by atoms with E-state index in [1.54, 1.807) is 31.2 Å². The van der Waals surface area contributed by atoms with Crippen LogP contribution in [-0.4, -0.2) is 31.6 Å². The second-order valence-electron chi connectivity index (χ2n) is 3.77. The molecule has 0 bridgehead atoms. The number of nitrogens with two attached hydrogens (primary N) is 1. The second-order valence-corrected chi connectivity index (χ2v) is 3.77. The molecule has 19 heavy (non-hydrogen) atoms. The Bertz CT molecular complexity index is 529. The van der Waals surface area contributed by atoms with Gasteiger partial charge in [-0.05, 0) is 19.1 Å². The summed E-state index contributed by atoms with van der Waals surface area (Å²) in [6.07, 6.45) is 0. The minimum atomic E-state index is -0.715. The van der Waals surface area contributed by atoms with Crippen LogP contribution in [0.25, 0.3) is 0 Å². The van der Waals surface area contributed by atoms with Gasteiger partial charge in [-0.1, -0.05) is 24.0 Å². The van der Waals surface area contributed by atoms with Gasteiger partial charge in [0.2, 0.25) is 0 Å². The molecule has 0 aliphatic carbocycles. The van der Waals surface area contributed by atoms with E-state index < -0.39 is 12.0 Å². The van der Waals surface area contributed by atoms with E-state index in [0.29, 0.717) is 11.1 Å². The zero-order chi connectivity index (χ0) is 14.3. The molecule has 100 valence electrons. The van der Waals surface area contributed by atoms with Crippen LogP contribution >= 0.6 is 0 Å². The summed E-state index contributed by atoms with van der Waals surface area (Å²) in [6, 6.07) is 6.15. The Kier molecular flexibility index (Phi) is 5.58. The number of methoxy groups -OCH3 is 1. The fourth-order valence-electron chi connectivity index (χ4n) is 1.45. The normalized spacial score (nSPS) is 10.9. The van der Waals surface area contributed by atoms with E-state index in [1.165, 1.54) is 7.11 Å². The quantitative estimate of drug-likeness (QED) is 0.604. The lowest BCUT2D eigenvalue weighted by atomic mass is 10.1. The molecule has 3 N–H and O–H groups in total. The smallest absolute Gasteiger partial charge is 0.328 e. The summed E-state index contributed by atoms with van der Waals surface area (Å²) in [5.74, 6) is 4.64.